The van der Waals surface area contributed by atoms with Crippen LogP contribution in [0.15, 0.2) is 59.5 Å². The van der Waals surface area contributed by atoms with Gasteiger partial charge < -0.3 is 14.7 Å². The molecular weight excluding hydrogens is 398 g/mol. The Bertz CT molecular complexity index is 1140. The largest absolute Gasteiger partial charge is 0.339 e. The number of carbonyl (C=O) groups excluding carboxylic acids is 1. The molecule has 0 bridgehead atoms. The minimum Gasteiger partial charge on any atom is -0.339 e. The molecule has 3 aromatic heterocycles. The van der Waals surface area contributed by atoms with Gasteiger partial charge in [0.15, 0.2) is 0 Å². The van der Waals surface area contributed by atoms with E-state index in [1.807, 2.05) is 42.5 Å². The van der Waals surface area contributed by atoms with Gasteiger partial charge in [0.2, 0.25) is 11.7 Å². The lowest BCUT2D eigenvalue weighted by atomic mass is 9.97. The molecule has 0 spiro atoms. The molecule has 1 aromatic carbocycles. The van der Waals surface area contributed by atoms with Gasteiger partial charge in [0, 0.05) is 30.9 Å². The zero-order valence-electron chi connectivity index (χ0n) is 16.5. The zero-order chi connectivity index (χ0) is 21.0. The molecule has 2 amide bonds. The predicted molar refractivity (Wildman–Crippen MR) is 109 cm³/mol. The molecule has 11 nitrogen and oxygen atoms in total. The zero-order valence-corrected chi connectivity index (χ0v) is 16.5. The lowest BCUT2D eigenvalue weighted by Crippen LogP contribution is -2.40. The van der Waals surface area contributed by atoms with Crippen LogP contribution in [0.3, 0.4) is 0 Å². The molecule has 11 heteroatoms. The van der Waals surface area contributed by atoms with Crippen molar-refractivity contribution >= 4 is 11.7 Å². The van der Waals surface area contributed by atoms with Gasteiger partial charge in [0.05, 0.1) is 5.69 Å². The second kappa shape index (κ2) is 8.30. The number of likely N-dealkylation sites (tertiary alicyclic amines) is 1. The molecule has 0 saturated carbocycles. The van der Waals surface area contributed by atoms with Gasteiger partial charge in [0.25, 0.3) is 0 Å². The molecule has 0 unspecified atom stereocenters. The Hall–Kier alpha value is -4.15. The fraction of sp³-hybridized carbons (Fsp3) is 0.250. The third kappa shape index (κ3) is 4.10. The minimum absolute atomic E-state index is 0.129. The smallest absolute Gasteiger partial charge is 0.321 e. The van der Waals surface area contributed by atoms with Crippen molar-refractivity contribution < 1.29 is 9.32 Å². The van der Waals surface area contributed by atoms with Gasteiger partial charge in [0.1, 0.15) is 12.0 Å². The molecular formula is C20H19N9O2. The number of tetrazole rings is 1. The third-order valence-electron chi connectivity index (χ3n) is 5.20. The number of anilines is 1. The van der Waals surface area contributed by atoms with Gasteiger partial charge >= 0.3 is 6.03 Å². The van der Waals surface area contributed by atoms with E-state index in [4.69, 9.17) is 4.52 Å². The van der Waals surface area contributed by atoms with E-state index in [-0.39, 0.29) is 11.9 Å². The molecule has 0 radical (unpaired) electrons. The molecule has 5 rings (SSSR count). The van der Waals surface area contributed by atoms with Crippen molar-refractivity contribution in [1.29, 1.82) is 0 Å². The average Bonchev–Trinajstić information content (AvgIpc) is 3.53. The van der Waals surface area contributed by atoms with Crippen molar-refractivity contribution in [3.8, 4) is 17.2 Å². The first-order chi connectivity index (χ1) is 15.3. The number of pyridine rings is 1. The highest BCUT2D eigenvalue weighted by atomic mass is 16.5. The summed E-state index contributed by atoms with van der Waals surface area (Å²) in [6.07, 6.45) is 4.73. The Balaban J connectivity index is 1.16. The third-order valence-corrected chi connectivity index (χ3v) is 5.20. The fourth-order valence-corrected chi connectivity index (χ4v) is 3.51. The molecule has 31 heavy (non-hydrogen) atoms. The Labute approximate surface area is 177 Å². The molecule has 156 valence electrons. The Morgan fingerprint density at radius 1 is 1.10 bits per heavy atom. The maximum Gasteiger partial charge on any atom is 0.321 e. The number of hydrogen-bond donors (Lipinski definition) is 1. The van der Waals surface area contributed by atoms with E-state index >= 15 is 0 Å². The standard InChI is InChI=1S/C20H19N9O2/c30-20(23-15-4-6-16(7-5-15)29-13-22-26-27-29)28-11-8-14(9-12-28)19-24-18(25-31-19)17-3-1-2-10-21-17/h1-7,10,13-14H,8-9,11-12H2,(H,23,30). The number of nitrogens with zero attached hydrogens (tertiary/aromatic N) is 8. The van der Waals surface area contributed by atoms with Crippen LogP contribution >= 0.6 is 0 Å². The summed E-state index contributed by atoms with van der Waals surface area (Å²) in [7, 11) is 0. The van der Waals surface area contributed by atoms with Gasteiger partial charge in [-0.05, 0) is 59.7 Å². The van der Waals surface area contributed by atoms with Crippen LogP contribution in [0.1, 0.15) is 24.7 Å². The molecule has 4 aromatic rings. The van der Waals surface area contributed by atoms with Crippen molar-refractivity contribution in [3.05, 3.63) is 60.9 Å². The molecule has 0 aliphatic carbocycles. The quantitative estimate of drug-likeness (QED) is 0.536. The predicted octanol–water partition coefficient (Wildman–Crippen LogP) is 2.52. The van der Waals surface area contributed by atoms with Crippen LogP contribution in [0.5, 0.6) is 0 Å². The van der Waals surface area contributed by atoms with E-state index in [0.717, 1.165) is 18.5 Å². The number of carbonyl (C=O) groups is 1. The summed E-state index contributed by atoms with van der Waals surface area (Å²) >= 11 is 0. The number of urea groups is 1. The number of aromatic nitrogens is 7. The lowest BCUT2D eigenvalue weighted by molar-refractivity contribution is 0.187. The first-order valence-electron chi connectivity index (χ1n) is 9.90. The number of amides is 2. The highest BCUT2D eigenvalue weighted by Gasteiger charge is 2.28. The van der Waals surface area contributed by atoms with Crippen LogP contribution in [0.4, 0.5) is 10.5 Å². The van der Waals surface area contributed by atoms with Gasteiger partial charge in [-0.3, -0.25) is 4.98 Å². The average molecular weight is 417 g/mol. The molecule has 1 N–H and O–H groups in total. The summed E-state index contributed by atoms with van der Waals surface area (Å²) in [5, 5.41) is 18.0. The van der Waals surface area contributed by atoms with Crippen LogP contribution in [0.25, 0.3) is 17.2 Å². The number of hydrogen-bond acceptors (Lipinski definition) is 8. The van der Waals surface area contributed by atoms with Crippen LogP contribution in [-0.2, 0) is 0 Å². The summed E-state index contributed by atoms with van der Waals surface area (Å²) in [5.74, 6) is 1.21. The molecule has 4 heterocycles. The SMILES string of the molecule is O=C(Nc1ccc(-n2cnnn2)cc1)N1CCC(c2nc(-c3ccccn3)no2)CC1. The van der Waals surface area contributed by atoms with E-state index in [1.165, 1.54) is 6.33 Å². The molecule has 0 atom stereocenters. The first-order valence-corrected chi connectivity index (χ1v) is 9.90. The second-order valence-electron chi connectivity index (χ2n) is 7.16. The lowest BCUT2D eigenvalue weighted by Gasteiger charge is -2.30. The molecule has 1 aliphatic rings. The summed E-state index contributed by atoms with van der Waals surface area (Å²) in [5.41, 5.74) is 2.20. The Kier molecular flexibility index (Phi) is 5.05. The Morgan fingerprint density at radius 2 is 1.94 bits per heavy atom. The van der Waals surface area contributed by atoms with Crippen molar-refractivity contribution in [1.82, 2.24) is 40.2 Å². The van der Waals surface area contributed by atoms with Crippen LogP contribution in [-0.4, -0.2) is 59.4 Å². The first kappa shape index (κ1) is 18.9. The van der Waals surface area contributed by atoms with E-state index in [9.17, 15) is 4.79 Å². The summed E-state index contributed by atoms with van der Waals surface area (Å²) in [6, 6.07) is 12.8. The fourth-order valence-electron chi connectivity index (χ4n) is 3.51. The van der Waals surface area contributed by atoms with Crippen LogP contribution < -0.4 is 5.32 Å². The normalized spacial score (nSPS) is 14.5. The maximum absolute atomic E-state index is 12.6. The van der Waals surface area contributed by atoms with Crippen molar-refractivity contribution in [2.45, 2.75) is 18.8 Å². The second-order valence-corrected chi connectivity index (χ2v) is 7.16. The van der Waals surface area contributed by atoms with Gasteiger partial charge in [-0.2, -0.15) is 4.98 Å². The van der Waals surface area contributed by atoms with E-state index in [0.29, 0.717) is 36.2 Å². The van der Waals surface area contributed by atoms with Crippen molar-refractivity contribution in [2.24, 2.45) is 0 Å². The molecule has 1 aliphatic heterocycles. The summed E-state index contributed by atoms with van der Waals surface area (Å²) in [6.45, 7) is 1.22. The number of nitrogens with one attached hydrogen (secondary N) is 1. The minimum atomic E-state index is -0.131. The van der Waals surface area contributed by atoms with Crippen molar-refractivity contribution in [2.75, 3.05) is 18.4 Å². The van der Waals surface area contributed by atoms with Crippen LogP contribution in [0, 0.1) is 0 Å². The summed E-state index contributed by atoms with van der Waals surface area (Å²) < 4.78 is 7.00. The number of benzene rings is 1. The highest BCUT2D eigenvalue weighted by Crippen LogP contribution is 2.28. The number of piperidine rings is 1. The van der Waals surface area contributed by atoms with Gasteiger partial charge in [-0.25, -0.2) is 9.48 Å². The summed E-state index contributed by atoms with van der Waals surface area (Å²) in [4.78, 5) is 23.2. The monoisotopic (exact) mass is 417 g/mol. The van der Waals surface area contributed by atoms with Gasteiger partial charge in [-0.1, -0.05) is 11.2 Å². The Morgan fingerprint density at radius 3 is 2.65 bits per heavy atom. The topological polar surface area (TPSA) is 128 Å². The molecule has 1 saturated heterocycles. The van der Waals surface area contributed by atoms with Crippen molar-refractivity contribution in [3.63, 3.8) is 0 Å². The highest BCUT2D eigenvalue weighted by molar-refractivity contribution is 5.89. The van der Waals surface area contributed by atoms with E-state index in [2.05, 4.69) is 36.0 Å². The maximum atomic E-state index is 12.6. The van der Waals surface area contributed by atoms with Crippen LogP contribution in [0.2, 0.25) is 0 Å². The van der Waals surface area contributed by atoms with Gasteiger partial charge in [-0.15, -0.1) is 5.10 Å². The van der Waals surface area contributed by atoms with E-state index < -0.39 is 0 Å². The molecule has 1 fully saturated rings. The van der Waals surface area contributed by atoms with E-state index in [1.54, 1.807) is 15.8 Å². The number of rotatable bonds is 4.